The molecular weight excluding hydrogens is 529 g/mol. The van der Waals surface area contributed by atoms with Crippen molar-refractivity contribution in [2.45, 2.75) is 114 Å². The zero-order chi connectivity index (χ0) is 27.4. The van der Waals surface area contributed by atoms with Gasteiger partial charge in [-0.25, -0.2) is 14.2 Å². The second-order valence-corrected chi connectivity index (χ2v) is 12.4. The molecule has 1 saturated heterocycles. The summed E-state index contributed by atoms with van der Waals surface area (Å²) in [5.74, 6) is -1.75. The summed E-state index contributed by atoms with van der Waals surface area (Å²) in [5.41, 5.74) is 6.43. The molecule has 12 heteroatoms. The second kappa shape index (κ2) is 13.0. The molecule has 8 atom stereocenters. The molecule has 0 aromatic carbocycles. The highest BCUT2D eigenvalue weighted by molar-refractivity contribution is 6.20. The van der Waals surface area contributed by atoms with Crippen molar-refractivity contribution < 1.29 is 26.7 Å². The van der Waals surface area contributed by atoms with E-state index in [4.69, 9.17) is 11.6 Å². The highest BCUT2D eigenvalue weighted by atomic mass is 35.5. The summed E-state index contributed by atoms with van der Waals surface area (Å²) < 4.78 is 67.1. The minimum atomic E-state index is -4.23. The van der Waals surface area contributed by atoms with Gasteiger partial charge in [-0.2, -0.15) is 13.2 Å². The predicted molar refractivity (Wildman–Crippen MR) is 137 cm³/mol. The van der Waals surface area contributed by atoms with Crippen LogP contribution < -0.4 is 21.5 Å². The van der Waals surface area contributed by atoms with Crippen LogP contribution >= 0.6 is 11.6 Å². The Labute approximate surface area is 226 Å². The number of nitrogens with one attached hydrogen (secondary N) is 4. The number of nitrogens with zero attached hydrogens (tertiary/aromatic N) is 1. The van der Waals surface area contributed by atoms with Crippen LogP contribution in [0, 0.1) is 29.6 Å². The molecule has 4 N–H and O–H groups in total. The fourth-order valence-corrected chi connectivity index (χ4v) is 6.78. The van der Waals surface area contributed by atoms with E-state index in [0.717, 1.165) is 12.8 Å². The molecule has 4 fully saturated rings. The van der Waals surface area contributed by atoms with Gasteiger partial charge >= 0.3 is 6.18 Å². The molecule has 6 nitrogen and oxygen atoms in total. The van der Waals surface area contributed by atoms with E-state index in [9.17, 15) is 26.7 Å². The van der Waals surface area contributed by atoms with Crippen LogP contribution in [-0.4, -0.2) is 54.5 Å². The number of alkyl halides is 6. The lowest BCUT2D eigenvalue weighted by Gasteiger charge is -2.32. The molecule has 0 aromatic rings. The van der Waals surface area contributed by atoms with Crippen molar-refractivity contribution in [2.75, 3.05) is 6.54 Å². The van der Waals surface area contributed by atoms with Gasteiger partial charge in [0.15, 0.2) is 5.96 Å². The molecule has 1 aliphatic heterocycles. The Morgan fingerprint density at radius 3 is 2.37 bits per heavy atom. The molecule has 218 valence electrons. The lowest BCUT2D eigenvalue weighted by atomic mass is 9.77. The van der Waals surface area contributed by atoms with Gasteiger partial charge in [0.1, 0.15) is 12.3 Å². The zero-order valence-corrected chi connectivity index (χ0v) is 22.6. The van der Waals surface area contributed by atoms with Gasteiger partial charge in [0, 0.05) is 23.9 Å². The second-order valence-electron chi connectivity index (χ2n) is 11.8. The number of hydrogen-bond donors (Lipinski definition) is 4. The van der Waals surface area contributed by atoms with Crippen LogP contribution in [0.1, 0.15) is 77.6 Å². The van der Waals surface area contributed by atoms with Gasteiger partial charge in [-0.15, -0.1) is 11.6 Å². The van der Waals surface area contributed by atoms with Crippen LogP contribution in [0.3, 0.4) is 0 Å². The number of amides is 1. The lowest BCUT2D eigenvalue weighted by Crippen LogP contribution is -2.52. The van der Waals surface area contributed by atoms with E-state index in [-0.39, 0.29) is 79.3 Å². The van der Waals surface area contributed by atoms with Crippen molar-refractivity contribution in [1.29, 1.82) is 0 Å². The van der Waals surface area contributed by atoms with Crippen molar-refractivity contribution >= 4 is 23.5 Å². The maximum atomic E-state index is 14.3. The third-order valence-corrected chi connectivity index (χ3v) is 9.61. The molecule has 4 rings (SSSR count). The van der Waals surface area contributed by atoms with Crippen LogP contribution in [0.15, 0.2) is 4.99 Å². The first kappa shape index (κ1) is 29.8. The summed E-state index contributed by atoms with van der Waals surface area (Å²) >= 11 is 6.37. The van der Waals surface area contributed by atoms with Gasteiger partial charge in [-0.1, -0.05) is 6.92 Å². The lowest BCUT2D eigenvalue weighted by molar-refractivity contribution is -0.184. The maximum Gasteiger partial charge on any atom is 0.391 e. The molecule has 0 aromatic heterocycles. The minimum absolute atomic E-state index is 0.0345. The first-order valence-corrected chi connectivity index (χ1v) is 14.5. The fraction of sp³-hybridized carbons (Fsp3) is 0.923. The molecular formula is C26H41ClF5N5O. The Morgan fingerprint density at radius 2 is 1.71 bits per heavy atom. The van der Waals surface area contributed by atoms with Crippen molar-refractivity contribution in [2.24, 2.45) is 34.6 Å². The quantitative estimate of drug-likeness (QED) is 0.160. The third-order valence-electron chi connectivity index (χ3n) is 9.08. The van der Waals surface area contributed by atoms with Crippen LogP contribution in [0.2, 0.25) is 0 Å². The normalized spacial score (nSPS) is 41.1. The Morgan fingerprint density at radius 1 is 0.974 bits per heavy atom. The van der Waals surface area contributed by atoms with E-state index in [1.165, 1.54) is 0 Å². The number of carbonyl (C=O) groups excluding carboxylic acids is 1. The third kappa shape index (κ3) is 7.93. The fourth-order valence-electron chi connectivity index (χ4n) is 6.38. The number of hydrazine groups is 1. The van der Waals surface area contributed by atoms with Crippen molar-refractivity contribution in [3.8, 4) is 0 Å². The average Bonchev–Trinajstić information content (AvgIpc) is 3.33. The molecule has 4 aliphatic rings. The van der Waals surface area contributed by atoms with E-state index in [2.05, 4.69) is 26.5 Å². The molecule has 0 bridgehead atoms. The Kier molecular flexibility index (Phi) is 10.2. The average molecular weight is 570 g/mol. The standard InChI is InChI=1S/C26H41ClF5N5O/c1-14-2-3-16(10-21(14)29)22-12-23(37-36-22)34-25(33-13-17-6-9-19(28)11-20(17)27)35-24(38)15-4-7-18(8-5-15)26(30,31)32/h14-23,36-37H,2-13H2,1H3,(H2,33,34,35,38). The van der Waals surface area contributed by atoms with E-state index in [1.54, 1.807) is 0 Å². The first-order chi connectivity index (χ1) is 18.0. The van der Waals surface area contributed by atoms with E-state index >= 15 is 0 Å². The van der Waals surface area contributed by atoms with Crippen LogP contribution in [-0.2, 0) is 4.79 Å². The summed E-state index contributed by atoms with van der Waals surface area (Å²) in [4.78, 5) is 17.6. The first-order valence-electron chi connectivity index (χ1n) is 14.1. The Hall–Kier alpha value is -1.20. The summed E-state index contributed by atoms with van der Waals surface area (Å²) in [6, 6.07) is 0.0694. The maximum absolute atomic E-state index is 14.3. The highest BCUT2D eigenvalue weighted by Crippen LogP contribution is 2.39. The molecule has 3 aliphatic carbocycles. The van der Waals surface area contributed by atoms with Gasteiger partial charge in [-0.05, 0) is 88.4 Å². The Bertz CT molecular complexity index is 824. The van der Waals surface area contributed by atoms with E-state index < -0.39 is 30.4 Å². The van der Waals surface area contributed by atoms with Gasteiger partial charge < -0.3 is 5.32 Å². The summed E-state index contributed by atoms with van der Waals surface area (Å²) in [6.45, 7) is 2.25. The van der Waals surface area contributed by atoms with Crippen molar-refractivity contribution in [3.63, 3.8) is 0 Å². The summed E-state index contributed by atoms with van der Waals surface area (Å²) in [6.07, 6.45) is -1.77. The molecule has 1 amide bonds. The van der Waals surface area contributed by atoms with Gasteiger partial charge in [0.25, 0.3) is 0 Å². The topological polar surface area (TPSA) is 77.5 Å². The number of rotatable bonds is 5. The van der Waals surface area contributed by atoms with Gasteiger partial charge in [0.05, 0.1) is 12.1 Å². The van der Waals surface area contributed by atoms with E-state index in [0.29, 0.717) is 32.2 Å². The predicted octanol–water partition coefficient (Wildman–Crippen LogP) is 5.13. The van der Waals surface area contributed by atoms with Crippen LogP contribution in [0.25, 0.3) is 0 Å². The van der Waals surface area contributed by atoms with Crippen LogP contribution in [0.5, 0.6) is 0 Å². The Balaban J connectivity index is 1.36. The molecule has 1 heterocycles. The highest BCUT2D eigenvalue weighted by Gasteiger charge is 2.43. The van der Waals surface area contributed by atoms with Gasteiger partial charge in [0.2, 0.25) is 5.91 Å². The van der Waals surface area contributed by atoms with E-state index in [1.807, 2.05) is 6.92 Å². The summed E-state index contributed by atoms with van der Waals surface area (Å²) in [7, 11) is 0. The minimum Gasteiger partial charge on any atom is -0.339 e. The summed E-state index contributed by atoms with van der Waals surface area (Å²) in [5, 5.41) is 5.68. The van der Waals surface area contributed by atoms with Gasteiger partial charge in [-0.3, -0.25) is 20.5 Å². The number of aliphatic imine (C=N–C) groups is 1. The largest absolute Gasteiger partial charge is 0.391 e. The molecule has 8 unspecified atom stereocenters. The number of carbonyl (C=O) groups is 1. The monoisotopic (exact) mass is 569 g/mol. The SMILES string of the molecule is CC1CCC(C2CC(NC(=NCC3CCC(F)CC3Cl)NC(=O)C3CCC(C(F)(F)F)CC3)NN2)CC1F. The number of halogens is 6. The molecule has 3 saturated carbocycles. The molecule has 0 radical (unpaired) electrons. The van der Waals surface area contributed by atoms with Crippen molar-refractivity contribution in [3.05, 3.63) is 0 Å². The molecule has 38 heavy (non-hydrogen) atoms. The number of guanidine groups is 1. The zero-order valence-electron chi connectivity index (χ0n) is 21.9. The van der Waals surface area contributed by atoms with Crippen molar-refractivity contribution in [1.82, 2.24) is 21.5 Å². The number of hydrogen-bond acceptors (Lipinski definition) is 4. The smallest absolute Gasteiger partial charge is 0.339 e. The van der Waals surface area contributed by atoms with Crippen LogP contribution in [0.4, 0.5) is 22.0 Å². The molecule has 0 spiro atoms.